The molecule has 0 fully saturated rings. The van der Waals surface area contributed by atoms with Crippen molar-refractivity contribution in [1.82, 2.24) is 0 Å². The molecule has 0 aliphatic heterocycles. The van der Waals surface area contributed by atoms with Crippen molar-refractivity contribution in [3.63, 3.8) is 0 Å². The average Bonchev–Trinajstić information content (AvgIpc) is 2.75. The molecule has 0 saturated carbocycles. The van der Waals surface area contributed by atoms with Crippen LogP contribution < -0.4 is 10.5 Å². The van der Waals surface area contributed by atoms with E-state index in [1.165, 1.54) is 0 Å². The molecule has 3 nitrogen and oxygen atoms in total. The number of methoxy groups -OCH3 is 1. The van der Waals surface area contributed by atoms with E-state index >= 15 is 0 Å². The summed E-state index contributed by atoms with van der Waals surface area (Å²) in [5.41, 5.74) is 6.92. The van der Waals surface area contributed by atoms with Gasteiger partial charge in [0.25, 0.3) is 0 Å². The van der Waals surface area contributed by atoms with E-state index in [2.05, 4.69) is 15.9 Å². The number of ether oxygens (including phenoxy) is 1. The molecule has 5 heteroatoms. The number of hydrogen-bond acceptors (Lipinski definition) is 3. The molecular formula is C12H11BrClNO2. The highest BCUT2D eigenvalue weighted by atomic mass is 79.9. The molecule has 0 spiro atoms. The normalized spacial score (nSPS) is 12.5. The molecule has 1 aromatic heterocycles. The third kappa shape index (κ3) is 2.65. The zero-order valence-electron chi connectivity index (χ0n) is 9.11. The van der Waals surface area contributed by atoms with Crippen LogP contribution in [0.3, 0.4) is 0 Å². The third-order valence-electron chi connectivity index (χ3n) is 2.43. The molecule has 2 N–H and O–H groups in total. The molecule has 0 aliphatic rings. The minimum absolute atomic E-state index is 0.407. The van der Waals surface area contributed by atoms with Gasteiger partial charge in [0, 0.05) is 10.6 Å². The van der Waals surface area contributed by atoms with Gasteiger partial charge in [-0.1, -0.05) is 11.6 Å². The fourth-order valence-corrected chi connectivity index (χ4v) is 2.10. The second kappa shape index (κ2) is 5.12. The maximum absolute atomic E-state index is 6.12. The Hall–Kier alpha value is -0.970. The Balaban J connectivity index is 2.42. The first-order valence-corrected chi connectivity index (χ1v) is 6.13. The summed E-state index contributed by atoms with van der Waals surface area (Å²) in [5, 5.41) is 0.613. The van der Waals surface area contributed by atoms with Crippen LogP contribution in [0, 0.1) is 0 Å². The first kappa shape index (κ1) is 12.5. The predicted octanol–water partition coefficient (Wildman–Crippen LogP) is 3.75. The van der Waals surface area contributed by atoms with E-state index < -0.39 is 6.04 Å². The molecule has 0 bridgehead atoms. The molecule has 1 aromatic carbocycles. The maximum atomic E-state index is 6.12. The van der Waals surface area contributed by atoms with Crippen LogP contribution in [0.1, 0.15) is 17.4 Å². The van der Waals surface area contributed by atoms with Crippen LogP contribution in [0.2, 0.25) is 5.02 Å². The van der Waals surface area contributed by atoms with E-state index in [1.54, 1.807) is 31.4 Å². The molecule has 0 amide bonds. The Morgan fingerprint density at radius 3 is 2.71 bits per heavy atom. The second-order valence-corrected chi connectivity index (χ2v) is 4.72. The first-order chi connectivity index (χ1) is 8.11. The monoisotopic (exact) mass is 315 g/mol. The van der Waals surface area contributed by atoms with Gasteiger partial charge in [0.2, 0.25) is 0 Å². The van der Waals surface area contributed by atoms with Gasteiger partial charge in [0.05, 0.1) is 13.2 Å². The lowest BCUT2D eigenvalue weighted by atomic mass is 10.0. The molecule has 1 unspecified atom stereocenters. The average molecular weight is 317 g/mol. The summed E-state index contributed by atoms with van der Waals surface area (Å²) >= 11 is 9.20. The summed E-state index contributed by atoms with van der Waals surface area (Å²) in [6.07, 6.45) is 0. The summed E-state index contributed by atoms with van der Waals surface area (Å²) in [6, 6.07) is 8.53. The number of furan rings is 1. The lowest BCUT2D eigenvalue weighted by molar-refractivity contribution is 0.402. The number of rotatable bonds is 3. The van der Waals surface area contributed by atoms with Crippen LogP contribution in [0.4, 0.5) is 0 Å². The molecule has 1 atom stereocenters. The topological polar surface area (TPSA) is 48.4 Å². The van der Waals surface area contributed by atoms with Crippen molar-refractivity contribution < 1.29 is 9.15 Å². The van der Waals surface area contributed by atoms with Gasteiger partial charge in [-0.25, -0.2) is 0 Å². The maximum Gasteiger partial charge on any atom is 0.169 e. The Morgan fingerprint density at radius 2 is 2.12 bits per heavy atom. The van der Waals surface area contributed by atoms with E-state index in [0.717, 1.165) is 5.56 Å². The van der Waals surface area contributed by atoms with Gasteiger partial charge < -0.3 is 14.9 Å². The van der Waals surface area contributed by atoms with Crippen LogP contribution in [-0.4, -0.2) is 7.11 Å². The van der Waals surface area contributed by atoms with E-state index in [9.17, 15) is 0 Å². The molecule has 0 saturated heterocycles. The van der Waals surface area contributed by atoms with Gasteiger partial charge in [0.15, 0.2) is 4.67 Å². The Bertz CT molecular complexity index is 527. The van der Waals surface area contributed by atoms with Gasteiger partial charge in [-0.3, -0.25) is 0 Å². The highest BCUT2D eigenvalue weighted by molar-refractivity contribution is 9.10. The van der Waals surface area contributed by atoms with Gasteiger partial charge >= 0.3 is 0 Å². The Labute approximate surface area is 113 Å². The van der Waals surface area contributed by atoms with E-state index in [0.29, 0.717) is 21.2 Å². The molecule has 0 aliphatic carbocycles. The molecule has 17 heavy (non-hydrogen) atoms. The van der Waals surface area contributed by atoms with Crippen molar-refractivity contribution in [3.05, 3.63) is 51.3 Å². The van der Waals surface area contributed by atoms with Gasteiger partial charge in [-0.15, -0.1) is 0 Å². The second-order valence-electron chi connectivity index (χ2n) is 3.51. The summed E-state index contributed by atoms with van der Waals surface area (Å²) in [7, 11) is 1.59. The van der Waals surface area contributed by atoms with E-state index in [4.69, 9.17) is 26.5 Å². The quantitative estimate of drug-likeness (QED) is 0.938. The van der Waals surface area contributed by atoms with Gasteiger partial charge in [-0.2, -0.15) is 0 Å². The summed E-state index contributed by atoms with van der Waals surface area (Å²) < 4.78 is 11.3. The van der Waals surface area contributed by atoms with Crippen molar-refractivity contribution in [2.24, 2.45) is 5.73 Å². The molecule has 0 radical (unpaired) electrons. The van der Waals surface area contributed by atoms with Crippen molar-refractivity contribution in [3.8, 4) is 5.75 Å². The zero-order valence-corrected chi connectivity index (χ0v) is 11.5. The van der Waals surface area contributed by atoms with Crippen LogP contribution in [0.25, 0.3) is 0 Å². The zero-order chi connectivity index (χ0) is 12.4. The lowest BCUT2D eigenvalue weighted by Crippen LogP contribution is -2.12. The lowest BCUT2D eigenvalue weighted by Gasteiger charge is -2.14. The fraction of sp³-hybridized carbons (Fsp3) is 0.167. The van der Waals surface area contributed by atoms with Crippen molar-refractivity contribution in [1.29, 1.82) is 0 Å². The third-order valence-corrected chi connectivity index (χ3v) is 3.09. The van der Waals surface area contributed by atoms with Crippen LogP contribution in [-0.2, 0) is 0 Å². The van der Waals surface area contributed by atoms with E-state index in [1.807, 2.05) is 6.07 Å². The first-order valence-electron chi connectivity index (χ1n) is 4.96. The minimum Gasteiger partial charge on any atom is -0.496 e. The van der Waals surface area contributed by atoms with Crippen LogP contribution in [0.15, 0.2) is 39.4 Å². The van der Waals surface area contributed by atoms with E-state index in [-0.39, 0.29) is 0 Å². The number of hydrogen-bond donors (Lipinski definition) is 1. The van der Waals surface area contributed by atoms with Crippen LogP contribution in [0.5, 0.6) is 5.75 Å². The minimum atomic E-state index is -0.407. The molecule has 90 valence electrons. The number of benzene rings is 1. The summed E-state index contributed by atoms with van der Waals surface area (Å²) in [4.78, 5) is 0. The van der Waals surface area contributed by atoms with Crippen LogP contribution >= 0.6 is 27.5 Å². The summed E-state index contributed by atoms with van der Waals surface area (Å²) in [6.45, 7) is 0. The smallest absolute Gasteiger partial charge is 0.169 e. The highest BCUT2D eigenvalue weighted by Gasteiger charge is 2.17. The Kier molecular flexibility index (Phi) is 3.76. The van der Waals surface area contributed by atoms with Gasteiger partial charge in [0.1, 0.15) is 11.5 Å². The highest BCUT2D eigenvalue weighted by Crippen LogP contribution is 2.32. The predicted molar refractivity (Wildman–Crippen MR) is 70.4 cm³/mol. The molecule has 2 rings (SSSR count). The molecule has 1 heterocycles. The SMILES string of the molecule is COc1ccc(Cl)cc1C(N)c1ccc(Br)o1. The number of nitrogens with two attached hydrogens (primary N) is 1. The standard InChI is InChI=1S/C12H11BrClNO2/c1-16-9-3-2-7(14)6-8(9)12(15)10-4-5-11(13)17-10/h2-6,12H,15H2,1H3. The summed E-state index contributed by atoms with van der Waals surface area (Å²) in [5.74, 6) is 1.34. The number of halogens is 2. The largest absolute Gasteiger partial charge is 0.496 e. The van der Waals surface area contributed by atoms with Crippen molar-refractivity contribution in [2.45, 2.75) is 6.04 Å². The molecule has 2 aromatic rings. The molecular weight excluding hydrogens is 305 g/mol. The van der Waals surface area contributed by atoms with Gasteiger partial charge in [-0.05, 0) is 46.3 Å². The van der Waals surface area contributed by atoms with Crippen molar-refractivity contribution in [2.75, 3.05) is 7.11 Å². The van der Waals surface area contributed by atoms with Crippen molar-refractivity contribution >= 4 is 27.5 Å². The Morgan fingerprint density at radius 1 is 1.35 bits per heavy atom. The fourth-order valence-electron chi connectivity index (χ4n) is 1.60.